The minimum atomic E-state index is -0.892. The van der Waals surface area contributed by atoms with E-state index in [-0.39, 0.29) is 53.8 Å². The topological polar surface area (TPSA) is 112 Å². The molecule has 2 atom stereocenters. The standard InChI is InChI=1S/C37H76B2N2O8/c1-7-9-11-13-15-17-19-21-23-25-27-29-35(42)48-34(31-40(3,4)32-46-38-44)37(41(5,6)33-47-39-45)49-36(43)30-28-26-24-22-20-18-16-14-12-10-8-2/h34,37,44-45H,7-33H2,1-6H3/q+2. The first-order valence-corrected chi connectivity index (χ1v) is 19.7. The van der Waals surface area contributed by atoms with Gasteiger partial charge in [0.05, 0.1) is 28.2 Å². The van der Waals surface area contributed by atoms with Crippen LogP contribution in [0.4, 0.5) is 0 Å². The molecule has 0 amide bonds. The van der Waals surface area contributed by atoms with Crippen LogP contribution < -0.4 is 0 Å². The van der Waals surface area contributed by atoms with Gasteiger partial charge in [-0.2, -0.15) is 0 Å². The second-order valence-electron chi connectivity index (χ2n) is 15.2. The zero-order valence-electron chi connectivity index (χ0n) is 32.6. The summed E-state index contributed by atoms with van der Waals surface area (Å²) in [4.78, 5) is 26.4. The average molecular weight is 699 g/mol. The number of carbonyl (C=O) groups excluding carboxylic acids is 2. The summed E-state index contributed by atoms with van der Waals surface area (Å²) < 4.78 is 22.8. The molecule has 0 saturated heterocycles. The van der Waals surface area contributed by atoms with Gasteiger partial charge in [0.25, 0.3) is 6.23 Å². The van der Waals surface area contributed by atoms with Crippen LogP contribution in [0.25, 0.3) is 0 Å². The molecule has 2 radical (unpaired) electrons. The van der Waals surface area contributed by atoms with Crippen LogP contribution in [0.5, 0.6) is 0 Å². The van der Waals surface area contributed by atoms with Crippen molar-refractivity contribution in [2.45, 2.75) is 180 Å². The van der Waals surface area contributed by atoms with Gasteiger partial charge in [0, 0.05) is 12.8 Å². The molecule has 0 aliphatic rings. The van der Waals surface area contributed by atoms with Gasteiger partial charge in [0.15, 0.2) is 13.5 Å². The summed E-state index contributed by atoms with van der Waals surface area (Å²) in [5.74, 6) is -0.687. The third-order valence-electron chi connectivity index (χ3n) is 9.17. The molecule has 0 aromatic heterocycles. The number of esters is 2. The summed E-state index contributed by atoms with van der Waals surface area (Å²) >= 11 is 0. The van der Waals surface area contributed by atoms with Gasteiger partial charge in [0.1, 0.15) is 6.54 Å². The van der Waals surface area contributed by atoms with Crippen molar-refractivity contribution < 1.29 is 47.4 Å². The summed E-state index contributed by atoms with van der Waals surface area (Å²) in [5, 5.41) is 18.4. The van der Waals surface area contributed by atoms with E-state index in [0.29, 0.717) is 15.4 Å². The average Bonchev–Trinajstić information content (AvgIpc) is 3.06. The van der Waals surface area contributed by atoms with E-state index in [4.69, 9.17) is 23.8 Å². The van der Waals surface area contributed by atoms with E-state index in [1.54, 1.807) is 0 Å². The van der Waals surface area contributed by atoms with Crippen molar-refractivity contribution in [3.8, 4) is 0 Å². The molecule has 0 spiro atoms. The third kappa shape index (κ3) is 28.1. The molecular weight excluding hydrogens is 622 g/mol. The lowest BCUT2D eigenvalue weighted by Crippen LogP contribution is -2.62. The van der Waals surface area contributed by atoms with Gasteiger partial charge >= 0.3 is 27.3 Å². The highest BCUT2D eigenvalue weighted by molar-refractivity contribution is 6.15. The summed E-state index contributed by atoms with van der Waals surface area (Å²) in [6, 6.07) is 0. The molecule has 0 aromatic carbocycles. The highest BCUT2D eigenvalue weighted by Gasteiger charge is 2.45. The van der Waals surface area contributed by atoms with Crippen LogP contribution in [0.3, 0.4) is 0 Å². The third-order valence-corrected chi connectivity index (χ3v) is 9.17. The van der Waals surface area contributed by atoms with E-state index >= 15 is 0 Å². The van der Waals surface area contributed by atoms with Gasteiger partial charge < -0.3 is 33.3 Å². The molecule has 12 heteroatoms. The van der Waals surface area contributed by atoms with E-state index in [0.717, 1.165) is 38.5 Å². The van der Waals surface area contributed by atoms with Crippen molar-refractivity contribution in [1.29, 1.82) is 0 Å². The highest BCUT2D eigenvalue weighted by Crippen LogP contribution is 2.22. The molecule has 0 aliphatic carbocycles. The van der Waals surface area contributed by atoms with Crippen LogP contribution in [-0.2, 0) is 28.4 Å². The van der Waals surface area contributed by atoms with Crippen molar-refractivity contribution in [1.82, 2.24) is 0 Å². The highest BCUT2D eigenvalue weighted by atomic mass is 16.6. The fourth-order valence-corrected chi connectivity index (χ4v) is 6.22. The maximum atomic E-state index is 13.2. The van der Waals surface area contributed by atoms with Gasteiger partial charge in [-0.1, -0.05) is 142 Å². The first-order chi connectivity index (χ1) is 23.5. The predicted molar refractivity (Wildman–Crippen MR) is 199 cm³/mol. The van der Waals surface area contributed by atoms with Gasteiger partial charge in [-0.05, 0) is 12.8 Å². The van der Waals surface area contributed by atoms with Crippen LogP contribution in [0, 0.1) is 0 Å². The number of quaternary nitrogens is 2. The molecule has 0 aliphatic heterocycles. The smallest absolute Gasteiger partial charge is 0.446 e. The minimum absolute atomic E-state index is 0.00439. The minimum Gasteiger partial charge on any atom is -0.446 e. The van der Waals surface area contributed by atoms with Crippen molar-refractivity contribution >= 4 is 27.3 Å². The number of hydrogen-bond donors (Lipinski definition) is 2. The molecule has 0 saturated carbocycles. The summed E-state index contributed by atoms with van der Waals surface area (Å²) in [6.45, 7) is 4.86. The Hall–Kier alpha value is -1.17. The van der Waals surface area contributed by atoms with Crippen molar-refractivity contribution in [3.05, 3.63) is 0 Å². The lowest BCUT2D eigenvalue weighted by atomic mass is 10.1. The molecule has 2 unspecified atom stereocenters. The Labute approximate surface area is 302 Å². The number of unbranched alkanes of at least 4 members (excludes halogenated alkanes) is 20. The number of carbonyl (C=O) groups is 2. The molecule has 286 valence electrons. The molecule has 2 N–H and O–H groups in total. The quantitative estimate of drug-likeness (QED) is 0.0230. The molecular formula is C37H76B2N2O8+2. The Morgan fingerprint density at radius 2 is 0.878 bits per heavy atom. The largest absolute Gasteiger partial charge is 0.489 e. The molecule has 49 heavy (non-hydrogen) atoms. The van der Waals surface area contributed by atoms with Crippen molar-refractivity contribution in [3.63, 3.8) is 0 Å². The zero-order chi connectivity index (χ0) is 36.6. The Bertz CT molecular complexity index is 792. The van der Waals surface area contributed by atoms with Crippen LogP contribution in [0.2, 0.25) is 0 Å². The Kier molecular flexibility index (Phi) is 30.8. The first kappa shape index (κ1) is 47.8. The SMILES string of the molecule is CCCCCCCCCCCCCC(=O)OC(C[N+](C)(C)CO[B]O)C(OC(=O)CCCCCCCCCCCCC)[N+](C)(C)CO[B]O. The normalized spacial score (nSPS) is 13.2. The Morgan fingerprint density at radius 3 is 1.27 bits per heavy atom. The Morgan fingerprint density at radius 1 is 0.531 bits per heavy atom. The number of ether oxygens (including phenoxy) is 2. The molecule has 0 heterocycles. The number of rotatable bonds is 36. The van der Waals surface area contributed by atoms with Crippen LogP contribution in [-0.4, -0.2) is 107 Å². The maximum absolute atomic E-state index is 13.2. The predicted octanol–water partition coefficient (Wildman–Crippen LogP) is 7.32. The lowest BCUT2D eigenvalue weighted by molar-refractivity contribution is -0.962. The van der Waals surface area contributed by atoms with E-state index in [1.807, 2.05) is 28.2 Å². The second kappa shape index (κ2) is 31.6. The second-order valence-corrected chi connectivity index (χ2v) is 15.2. The molecule has 0 rings (SSSR count). The monoisotopic (exact) mass is 699 g/mol. The molecule has 10 nitrogen and oxygen atoms in total. The summed E-state index contributed by atoms with van der Waals surface area (Å²) in [6.07, 6.45) is 25.0. The zero-order valence-corrected chi connectivity index (χ0v) is 32.6. The van der Waals surface area contributed by atoms with Gasteiger partial charge in [-0.3, -0.25) is 14.1 Å². The van der Waals surface area contributed by atoms with Crippen LogP contribution in [0.1, 0.15) is 168 Å². The first-order valence-electron chi connectivity index (χ1n) is 19.7. The van der Waals surface area contributed by atoms with E-state index in [9.17, 15) is 14.6 Å². The van der Waals surface area contributed by atoms with Gasteiger partial charge in [-0.25, -0.2) is 0 Å². The van der Waals surface area contributed by atoms with E-state index < -0.39 is 12.3 Å². The Balaban J connectivity index is 5.17. The molecule has 0 aromatic rings. The summed E-state index contributed by atoms with van der Waals surface area (Å²) in [5.41, 5.74) is 0. The van der Waals surface area contributed by atoms with Gasteiger partial charge in [0.2, 0.25) is 6.10 Å². The van der Waals surface area contributed by atoms with E-state index in [1.165, 1.54) is 103 Å². The number of hydrogen-bond acceptors (Lipinski definition) is 8. The molecule has 0 fully saturated rings. The van der Waals surface area contributed by atoms with Crippen LogP contribution in [0.15, 0.2) is 0 Å². The fraction of sp³-hybridized carbons (Fsp3) is 0.946. The van der Waals surface area contributed by atoms with Crippen LogP contribution >= 0.6 is 0 Å². The number of nitrogens with zero attached hydrogens (tertiary/aromatic N) is 2. The fourth-order valence-electron chi connectivity index (χ4n) is 6.22. The van der Waals surface area contributed by atoms with Gasteiger partial charge in [-0.15, -0.1) is 0 Å². The maximum Gasteiger partial charge on any atom is 0.489 e. The van der Waals surface area contributed by atoms with E-state index in [2.05, 4.69) is 13.8 Å². The molecule has 0 bridgehead atoms. The van der Waals surface area contributed by atoms with Crippen molar-refractivity contribution in [2.75, 3.05) is 48.2 Å². The number of likely N-dealkylation sites (N-methyl/N-ethyl adjacent to an activating group) is 2. The van der Waals surface area contributed by atoms with Crippen molar-refractivity contribution in [2.24, 2.45) is 0 Å². The lowest BCUT2D eigenvalue weighted by Gasteiger charge is -2.41. The summed E-state index contributed by atoms with van der Waals surface area (Å²) in [7, 11) is 8.65.